The Morgan fingerprint density at radius 3 is 2.59 bits per heavy atom. The molecule has 0 radical (unpaired) electrons. The molecule has 136 valence electrons. The van der Waals surface area contributed by atoms with Crippen molar-refractivity contribution in [3.05, 3.63) is 78.2 Å². The summed E-state index contributed by atoms with van der Waals surface area (Å²) in [6, 6.07) is 15.5. The van der Waals surface area contributed by atoms with Crippen LogP contribution < -0.4 is 4.74 Å². The Bertz CT molecular complexity index is 1070. The fourth-order valence-corrected chi connectivity index (χ4v) is 2.76. The summed E-state index contributed by atoms with van der Waals surface area (Å²) in [5.74, 6) is 0.531. The Kier molecular flexibility index (Phi) is 4.27. The highest BCUT2D eigenvalue weighted by Crippen LogP contribution is 2.33. The predicted octanol–water partition coefficient (Wildman–Crippen LogP) is 5.22. The minimum Gasteiger partial charge on any atom is -0.487 e. The first kappa shape index (κ1) is 17.1. The minimum atomic E-state index is -4.49. The molecule has 1 N–H and O–H groups in total. The Balaban J connectivity index is 1.67. The van der Waals surface area contributed by atoms with Crippen molar-refractivity contribution in [3.8, 4) is 17.0 Å². The van der Waals surface area contributed by atoms with Gasteiger partial charge in [0.1, 0.15) is 23.7 Å². The number of alkyl halides is 3. The number of halogens is 3. The Morgan fingerprint density at radius 2 is 1.81 bits per heavy atom. The summed E-state index contributed by atoms with van der Waals surface area (Å²) >= 11 is 0. The molecule has 7 heteroatoms. The molecule has 3 heterocycles. The zero-order valence-corrected chi connectivity index (χ0v) is 14.0. The van der Waals surface area contributed by atoms with Gasteiger partial charge in [-0.05, 0) is 29.8 Å². The second-order valence-corrected chi connectivity index (χ2v) is 5.96. The van der Waals surface area contributed by atoms with Crippen LogP contribution in [0.2, 0.25) is 0 Å². The van der Waals surface area contributed by atoms with Crippen LogP contribution in [-0.2, 0) is 12.8 Å². The van der Waals surface area contributed by atoms with Gasteiger partial charge in [-0.2, -0.15) is 13.2 Å². The van der Waals surface area contributed by atoms with Crippen LogP contribution in [0.4, 0.5) is 13.2 Å². The normalized spacial score (nSPS) is 11.7. The molecular weight excluding hydrogens is 355 g/mol. The summed E-state index contributed by atoms with van der Waals surface area (Å²) in [4.78, 5) is 10.7. The number of ether oxygens (including phenoxy) is 1. The van der Waals surface area contributed by atoms with Crippen LogP contribution in [0.1, 0.15) is 11.3 Å². The summed E-state index contributed by atoms with van der Waals surface area (Å²) in [6.45, 7) is 0.357. The monoisotopic (exact) mass is 369 g/mol. The van der Waals surface area contributed by atoms with Crippen molar-refractivity contribution in [2.24, 2.45) is 0 Å². The molecule has 0 fully saturated rings. The van der Waals surface area contributed by atoms with Gasteiger partial charge in [0.15, 0.2) is 0 Å². The van der Waals surface area contributed by atoms with Gasteiger partial charge in [-0.15, -0.1) is 0 Å². The van der Waals surface area contributed by atoms with Crippen LogP contribution in [0.15, 0.2) is 67.0 Å². The number of nitrogens with one attached hydrogen (secondary N) is 1. The highest BCUT2D eigenvalue weighted by molar-refractivity contribution is 5.84. The lowest BCUT2D eigenvalue weighted by molar-refractivity contribution is -0.141. The predicted molar refractivity (Wildman–Crippen MR) is 95.1 cm³/mol. The average molecular weight is 369 g/mol. The second kappa shape index (κ2) is 6.75. The molecule has 4 nitrogen and oxygen atoms in total. The zero-order valence-electron chi connectivity index (χ0n) is 14.0. The summed E-state index contributed by atoms with van der Waals surface area (Å²) in [5.41, 5.74) is 1.56. The van der Waals surface area contributed by atoms with Gasteiger partial charge < -0.3 is 9.72 Å². The van der Waals surface area contributed by atoms with Crippen molar-refractivity contribution in [2.45, 2.75) is 12.8 Å². The SMILES string of the molecule is FC(F)(F)c1ccc2cc(-c3ccncc3OCc3ccccc3)[nH]c2n1. The summed E-state index contributed by atoms with van der Waals surface area (Å²) in [6.07, 6.45) is -1.30. The van der Waals surface area contributed by atoms with Crippen molar-refractivity contribution >= 4 is 11.0 Å². The first-order valence-corrected chi connectivity index (χ1v) is 8.19. The lowest BCUT2D eigenvalue weighted by Crippen LogP contribution is -2.07. The number of aromatic nitrogens is 3. The van der Waals surface area contributed by atoms with Gasteiger partial charge in [0.25, 0.3) is 0 Å². The lowest BCUT2D eigenvalue weighted by Gasteiger charge is -2.10. The molecule has 1 aromatic carbocycles. The zero-order chi connectivity index (χ0) is 18.9. The van der Waals surface area contributed by atoms with E-state index < -0.39 is 11.9 Å². The second-order valence-electron chi connectivity index (χ2n) is 5.96. The Morgan fingerprint density at radius 1 is 1.00 bits per heavy atom. The number of hydrogen-bond donors (Lipinski definition) is 1. The van der Waals surface area contributed by atoms with Crippen molar-refractivity contribution in [3.63, 3.8) is 0 Å². The molecule has 4 aromatic rings. The first-order valence-electron chi connectivity index (χ1n) is 8.19. The van der Waals surface area contributed by atoms with E-state index in [2.05, 4.69) is 15.0 Å². The largest absolute Gasteiger partial charge is 0.487 e. The molecule has 0 aliphatic heterocycles. The molecule has 0 amide bonds. The van der Waals surface area contributed by atoms with E-state index in [0.29, 0.717) is 29.0 Å². The lowest BCUT2D eigenvalue weighted by atomic mass is 10.1. The first-order chi connectivity index (χ1) is 13.0. The maximum Gasteiger partial charge on any atom is 0.433 e. The third-order valence-corrected chi connectivity index (χ3v) is 4.08. The molecule has 0 saturated heterocycles. The van der Waals surface area contributed by atoms with Crippen LogP contribution in [0, 0.1) is 0 Å². The van der Waals surface area contributed by atoms with E-state index in [0.717, 1.165) is 11.6 Å². The van der Waals surface area contributed by atoms with E-state index in [4.69, 9.17) is 4.74 Å². The number of pyridine rings is 2. The van der Waals surface area contributed by atoms with Crippen LogP contribution >= 0.6 is 0 Å². The number of aromatic amines is 1. The molecule has 3 aromatic heterocycles. The highest BCUT2D eigenvalue weighted by Gasteiger charge is 2.32. The van der Waals surface area contributed by atoms with Gasteiger partial charge in [0.05, 0.1) is 11.9 Å². The maximum absolute atomic E-state index is 12.9. The van der Waals surface area contributed by atoms with Crippen molar-refractivity contribution in [2.75, 3.05) is 0 Å². The molecule has 0 bridgehead atoms. The standard InChI is InChI=1S/C20H14F3N3O/c21-20(22,23)18-7-6-14-10-16(25-19(14)26-18)15-8-9-24-11-17(15)27-12-13-4-2-1-3-5-13/h1-11H,12H2,(H,25,26). The van der Waals surface area contributed by atoms with Gasteiger partial charge in [0, 0.05) is 17.1 Å². The number of benzene rings is 1. The summed E-state index contributed by atoms with van der Waals surface area (Å²) in [5, 5.41) is 0.587. The van der Waals surface area contributed by atoms with Crippen molar-refractivity contribution in [1.82, 2.24) is 15.0 Å². The highest BCUT2D eigenvalue weighted by atomic mass is 19.4. The number of rotatable bonds is 4. The topological polar surface area (TPSA) is 50.8 Å². The minimum absolute atomic E-state index is 0.172. The van der Waals surface area contributed by atoms with Crippen molar-refractivity contribution in [1.29, 1.82) is 0 Å². The average Bonchev–Trinajstić information content (AvgIpc) is 3.10. The fraction of sp³-hybridized carbons (Fsp3) is 0.100. The third kappa shape index (κ3) is 3.62. The van der Waals surface area contributed by atoms with Crippen LogP contribution in [0.3, 0.4) is 0 Å². The van der Waals surface area contributed by atoms with E-state index in [1.54, 1.807) is 24.5 Å². The summed E-state index contributed by atoms with van der Waals surface area (Å²) in [7, 11) is 0. The maximum atomic E-state index is 12.9. The van der Waals surface area contributed by atoms with E-state index >= 15 is 0 Å². The number of H-pyrrole nitrogens is 1. The molecule has 0 spiro atoms. The molecule has 27 heavy (non-hydrogen) atoms. The van der Waals surface area contributed by atoms with Gasteiger partial charge in [0.2, 0.25) is 0 Å². The molecule has 0 aliphatic rings. The van der Waals surface area contributed by atoms with Gasteiger partial charge >= 0.3 is 6.18 Å². The molecule has 0 atom stereocenters. The van der Waals surface area contributed by atoms with Gasteiger partial charge in [-0.3, -0.25) is 4.98 Å². The van der Waals surface area contributed by atoms with E-state index in [9.17, 15) is 13.2 Å². The van der Waals surface area contributed by atoms with Crippen LogP contribution in [-0.4, -0.2) is 15.0 Å². The Hall–Kier alpha value is -3.35. The quantitative estimate of drug-likeness (QED) is 0.536. The van der Waals surface area contributed by atoms with Gasteiger partial charge in [-0.1, -0.05) is 30.3 Å². The van der Waals surface area contributed by atoms with E-state index in [1.807, 2.05) is 30.3 Å². The van der Waals surface area contributed by atoms with Crippen LogP contribution in [0.25, 0.3) is 22.3 Å². The van der Waals surface area contributed by atoms with Crippen molar-refractivity contribution < 1.29 is 17.9 Å². The molecule has 0 unspecified atom stereocenters. The smallest absolute Gasteiger partial charge is 0.433 e. The van der Waals surface area contributed by atoms with E-state index in [-0.39, 0.29) is 5.65 Å². The molecule has 4 rings (SSSR count). The fourth-order valence-electron chi connectivity index (χ4n) is 2.76. The van der Waals surface area contributed by atoms with Gasteiger partial charge in [-0.25, -0.2) is 4.98 Å². The van der Waals surface area contributed by atoms with E-state index in [1.165, 1.54) is 6.07 Å². The third-order valence-electron chi connectivity index (χ3n) is 4.08. The summed E-state index contributed by atoms with van der Waals surface area (Å²) < 4.78 is 44.5. The Labute approximate surface area is 152 Å². The molecular formula is C20H14F3N3O. The number of hydrogen-bond acceptors (Lipinski definition) is 3. The number of nitrogens with zero attached hydrogens (tertiary/aromatic N) is 2. The van der Waals surface area contributed by atoms with Crippen LogP contribution in [0.5, 0.6) is 5.75 Å². The number of fused-ring (bicyclic) bond motifs is 1. The molecule has 0 saturated carbocycles. The molecule has 0 aliphatic carbocycles.